The molecule has 0 rings (SSSR count). The normalized spacial score (nSPS) is 10.1. The van der Waals surface area contributed by atoms with Crippen molar-refractivity contribution in [1.82, 2.24) is 4.31 Å². The Balaban J connectivity index is 3.29. The maximum absolute atomic E-state index is 10.3. The van der Waals surface area contributed by atoms with E-state index in [2.05, 4.69) is 13.8 Å². The van der Waals surface area contributed by atoms with Gasteiger partial charge in [0.15, 0.2) is 0 Å². The van der Waals surface area contributed by atoms with E-state index in [4.69, 9.17) is 0 Å². The van der Waals surface area contributed by atoms with Crippen molar-refractivity contribution in [1.29, 1.82) is 0 Å². The lowest BCUT2D eigenvalue weighted by Gasteiger charge is -1.97. The highest BCUT2D eigenvalue weighted by Crippen LogP contribution is 1.90. The van der Waals surface area contributed by atoms with Crippen LogP contribution in [-0.2, 0) is 16.1 Å². The molecule has 0 aromatic heterocycles. The third-order valence-electron chi connectivity index (χ3n) is 1.05. The van der Waals surface area contributed by atoms with Gasteiger partial charge in [-0.1, -0.05) is 13.8 Å². The molecule has 0 aromatic rings. The van der Waals surface area contributed by atoms with Crippen LogP contribution in [0.2, 0.25) is 0 Å². The van der Waals surface area contributed by atoms with Crippen LogP contribution in [-0.4, -0.2) is 17.4 Å². The summed E-state index contributed by atoms with van der Waals surface area (Å²) in [7, 11) is 0. The van der Waals surface area contributed by atoms with Crippen LogP contribution in [0.4, 0.5) is 0 Å². The minimum atomic E-state index is 0.602. The molecule has 0 saturated heterocycles. The van der Waals surface area contributed by atoms with Crippen LogP contribution in [0.5, 0.6) is 0 Å². The summed E-state index contributed by atoms with van der Waals surface area (Å²) in [6.07, 6.45) is 2.13. The summed E-state index contributed by atoms with van der Waals surface area (Å²) in [5.41, 5.74) is 0. The third-order valence-corrected chi connectivity index (χ3v) is 1.63. The van der Waals surface area contributed by atoms with E-state index >= 15 is 0 Å². The first-order valence-corrected chi connectivity index (χ1v) is 4.09. The first-order chi connectivity index (χ1) is 4.35. The number of hydrogen-bond donors (Lipinski definition) is 0. The Hall–Kier alpha value is -0.0200. The van der Waals surface area contributed by atoms with E-state index in [0.717, 1.165) is 25.9 Å². The molecule has 0 N–H and O–H groups in total. The Kier molecular flexibility index (Phi) is 6.09. The molecule has 0 spiro atoms. The van der Waals surface area contributed by atoms with Crippen molar-refractivity contribution in [2.24, 2.45) is 0 Å². The molecular formula is C6H14NOS+. The highest BCUT2D eigenvalue weighted by Gasteiger charge is 2.12. The Morgan fingerprint density at radius 3 is 1.89 bits per heavy atom. The van der Waals surface area contributed by atoms with E-state index < -0.39 is 0 Å². The highest BCUT2D eigenvalue weighted by atomic mass is 32.2. The summed E-state index contributed by atoms with van der Waals surface area (Å²) in [4.78, 5) is 0. The van der Waals surface area contributed by atoms with Gasteiger partial charge in [0.2, 0.25) is 0 Å². The summed E-state index contributed by atoms with van der Waals surface area (Å²) in [6, 6.07) is 0. The van der Waals surface area contributed by atoms with E-state index in [1.165, 1.54) is 0 Å². The molecule has 0 heterocycles. The molecule has 3 heteroatoms. The fourth-order valence-electron chi connectivity index (χ4n) is 0.685. The van der Waals surface area contributed by atoms with Gasteiger partial charge < -0.3 is 0 Å². The van der Waals surface area contributed by atoms with Crippen LogP contribution in [0.1, 0.15) is 26.7 Å². The van der Waals surface area contributed by atoms with Crippen molar-refractivity contribution in [2.45, 2.75) is 26.7 Å². The molecule has 0 atom stereocenters. The fraction of sp³-hybridized carbons (Fsp3) is 1.00. The Bertz CT molecular complexity index is 71.5. The summed E-state index contributed by atoms with van der Waals surface area (Å²) in [5.74, 6) is 0. The molecule has 0 bridgehead atoms. The van der Waals surface area contributed by atoms with Gasteiger partial charge in [-0.25, -0.2) is 0 Å². The molecule has 0 radical (unpaired) electrons. The van der Waals surface area contributed by atoms with Gasteiger partial charge in [0.1, 0.15) is 0 Å². The van der Waals surface area contributed by atoms with Crippen LogP contribution in [0.15, 0.2) is 0 Å². The Morgan fingerprint density at radius 1 is 1.22 bits per heavy atom. The molecule has 54 valence electrons. The first-order valence-electron chi connectivity index (χ1n) is 3.40. The molecule has 2 nitrogen and oxygen atoms in total. The van der Waals surface area contributed by atoms with E-state index in [9.17, 15) is 4.21 Å². The van der Waals surface area contributed by atoms with E-state index in [0.29, 0.717) is 11.9 Å². The molecule has 9 heavy (non-hydrogen) atoms. The maximum Gasteiger partial charge on any atom is 0.590 e. The van der Waals surface area contributed by atoms with Gasteiger partial charge in [-0.05, 0) is 17.1 Å². The monoisotopic (exact) mass is 148 g/mol. The van der Waals surface area contributed by atoms with Crippen molar-refractivity contribution >= 4 is 11.9 Å². The minimum absolute atomic E-state index is 0.602. The molecule has 0 aliphatic heterocycles. The Morgan fingerprint density at radius 2 is 1.67 bits per heavy atom. The summed E-state index contributed by atoms with van der Waals surface area (Å²) in [5, 5.41) is 0. The van der Waals surface area contributed by atoms with Crippen molar-refractivity contribution in [3.05, 3.63) is 0 Å². The second kappa shape index (κ2) is 6.11. The molecule has 0 unspecified atom stereocenters. The average Bonchev–Trinajstić information content (AvgIpc) is 1.88. The number of hydrogen-bond acceptors (Lipinski definition) is 1. The van der Waals surface area contributed by atoms with E-state index in [1.807, 2.05) is 4.31 Å². The average molecular weight is 148 g/mol. The predicted molar refractivity (Wildman–Crippen MR) is 40.2 cm³/mol. The van der Waals surface area contributed by atoms with E-state index in [-0.39, 0.29) is 0 Å². The first kappa shape index (κ1) is 8.98. The van der Waals surface area contributed by atoms with Gasteiger partial charge in [-0.2, -0.15) is 0 Å². The van der Waals surface area contributed by atoms with Crippen molar-refractivity contribution < 1.29 is 4.21 Å². The summed E-state index contributed by atoms with van der Waals surface area (Å²) in [6.45, 7) is 6.00. The zero-order valence-electron chi connectivity index (χ0n) is 6.09. The minimum Gasteiger partial charge on any atom is -0.0640 e. The Labute approximate surface area is 60.9 Å². The fourth-order valence-corrected chi connectivity index (χ4v) is 1.20. The zero-order valence-corrected chi connectivity index (χ0v) is 6.91. The lowest BCUT2D eigenvalue weighted by atomic mass is 10.4. The zero-order chi connectivity index (χ0) is 7.11. The van der Waals surface area contributed by atoms with Crippen LogP contribution in [0, 0.1) is 0 Å². The number of nitrogens with zero attached hydrogens (tertiary/aromatic N) is 1. The molecular weight excluding hydrogens is 134 g/mol. The molecule has 0 fully saturated rings. The van der Waals surface area contributed by atoms with Crippen LogP contribution >= 0.6 is 0 Å². The number of rotatable bonds is 5. The largest absolute Gasteiger partial charge is 0.590 e. The van der Waals surface area contributed by atoms with Crippen LogP contribution in [0.3, 0.4) is 0 Å². The van der Waals surface area contributed by atoms with Gasteiger partial charge in [0.05, 0.1) is 17.3 Å². The lowest BCUT2D eigenvalue weighted by Crippen LogP contribution is -2.19. The van der Waals surface area contributed by atoms with Crippen LogP contribution < -0.4 is 0 Å². The second-order valence-corrected chi connectivity index (χ2v) is 2.67. The van der Waals surface area contributed by atoms with Crippen molar-refractivity contribution in [2.75, 3.05) is 13.1 Å². The third kappa shape index (κ3) is 4.48. The van der Waals surface area contributed by atoms with Crippen molar-refractivity contribution in [3.63, 3.8) is 0 Å². The molecule has 0 saturated carbocycles. The molecule has 0 aliphatic carbocycles. The van der Waals surface area contributed by atoms with Gasteiger partial charge in [-0.3, -0.25) is 0 Å². The molecule has 0 aliphatic rings. The van der Waals surface area contributed by atoms with Gasteiger partial charge in [0.25, 0.3) is 0 Å². The summed E-state index contributed by atoms with van der Waals surface area (Å²) >= 11 is 0.602. The molecule has 0 amide bonds. The quantitative estimate of drug-likeness (QED) is 0.427. The van der Waals surface area contributed by atoms with Crippen LogP contribution in [0.25, 0.3) is 0 Å². The standard InChI is InChI=1S/C6H14NOS/c1-3-5-7(9-8)6-4-2/h3-6H2,1-2H3/q+1. The van der Waals surface area contributed by atoms with Gasteiger partial charge in [-0.15, -0.1) is 0 Å². The van der Waals surface area contributed by atoms with Gasteiger partial charge in [0, 0.05) is 0 Å². The van der Waals surface area contributed by atoms with Gasteiger partial charge >= 0.3 is 11.9 Å². The SMILES string of the molecule is CCCN(CCC)[S+]=O. The topological polar surface area (TPSA) is 20.3 Å². The lowest BCUT2D eigenvalue weighted by molar-refractivity contribution is 0.442. The van der Waals surface area contributed by atoms with Crippen molar-refractivity contribution in [3.8, 4) is 0 Å². The summed E-state index contributed by atoms with van der Waals surface area (Å²) < 4.78 is 12.1. The second-order valence-electron chi connectivity index (χ2n) is 2.00. The van der Waals surface area contributed by atoms with E-state index in [1.54, 1.807) is 0 Å². The molecule has 0 aromatic carbocycles. The smallest absolute Gasteiger partial charge is 0.0640 e. The predicted octanol–water partition coefficient (Wildman–Crippen LogP) is 1.45. The maximum atomic E-state index is 10.3. The highest BCUT2D eigenvalue weighted by molar-refractivity contribution is 7.62.